The second kappa shape index (κ2) is 8.94. The Bertz CT molecular complexity index is 685. The first-order valence-electron chi connectivity index (χ1n) is 7.62. The van der Waals surface area contributed by atoms with Crippen LogP contribution >= 0.6 is 11.6 Å². The van der Waals surface area contributed by atoms with Gasteiger partial charge in [0.25, 0.3) is 0 Å². The van der Waals surface area contributed by atoms with Gasteiger partial charge in [-0.15, -0.1) is 5.10 Å². The first-order chi connectivity index (χ1) is 11.6. The molecule has 1 aliphatic heterocycles. The lowest BCUT2D eigenvalue weighted by atomic mass is 10.2. The molecule has 0 atom stereocenters. The minimum absolute atomic E-state index is 0.289. The number of hydrogen-bond acceptors (Lipinski definition) is 4. The molecular formula is C17H19ClN4O2. The minimum atomic E-state index is -0.289. The Morgan fingerprint density at radius 1 is 1.33 bits per heavy atom. The summed E-state index contributed by atoms with van der Waals surface area (Å²) in [5, 5.41) is 8.22. The second-order valence-electron chi connectivity index (χ2n) is 5.00. The van der Waals surface area contributed by atoms with Gasteiger partial charge in [-0.05, 0) is 31.0 Å². The fourth-order valence-electron chi connectivity index (χ4n) is 2.24. The summed E-state index contributed by atoms with van der Waals surface area (Å²) in [4.78, 5) is 15.4. The van der Waals surface area contributed by atoms with Gasteiger partial charge in [0.1, 0.15) is 0 Å². The van der Waals surface area contributed by atoms with Crippen molar-refractivity contribution in [2.24, 2.45) is 10.2 Å². The van der Waals surface area contributed by atoms with Gasteiger partial charge in [-0.2, -0.15) is 5.10 Å². The normalized spacial score (nSPS) is 14.7. The van der Waals surface area contributed by atoms with Crippen molar-refractivity contribution in [3.63, 3.8) is 0 Å². The monoisotopic (exact) mass is 346 g/mol. The Balaban J connectivity index is 2.04. The molecule has 0 aromatic heterocycles. The third-order valence-corrected chi connectivity index (χ3v) is 3.65. The van der Waals surface area contributed by atoms with Crippen LogP contribution in [0, 0.1) is 11.8 Å². The highest BCUT2D eigenvalue weighted by Gasteiger charge is 2.23. The average Bonchev–Trinajstić information content (AvgIpc) is 2.59. The summed E-state index contributed by atoms with van der Waals surface area (Å²) >= 11 is 5.96. The zero-order valence-corrected chi connectivity index (χ0v) is 14.3. The van der Waals surface area contributed by atoms with Gasteiger partial charge in [-0.1, -0.05) is 23.6 Å². The molecule has 126 valence electrons. The molecule has 0 spiro atoms. The number of ether oxygens (including phenoxy) is 1. The predicted molar refractivity (Wildman–Crippen MR) is 95.5 cm³/mol. The van der Waals surface area contributed by atoms with Crippen LogP contribution in [0.15, 0.2) is 34.5 Å². The molecule has 1 fully saturated rings. The lowest BCUT2D eigenvalue weighted by Gasteiger charge is -2.34. The maximum absolute atomic E-state index is 11.7. The van der Waals surface area contributed by atoms with E-state index < -0.39 is 0 Å². The van der Waals surface area contributed by atoms with Gasteiger partial charge >= 0.3 is 6.09 Å². The lowest BCUT2D eigenvalue weighted by molar-refractivity contribution is 0.0921. The molecule has 1 aromatic carbocycles. The van der Waals surface area contributed by atoms with Gasteiger partial charge in [0.15, 0.2) is 0 Å². The Hall–Kier alpha value is -2.52. The van der Waals surface area contributed by atoms with E-state index in [9.17, 15) is 4.79 Å². The van der Waals surface area contributed by atoms with Crippen LogP contribution in [-0.2, 0) is 4.74 Å². The molecule has 24 heavy (non-hydrogen) atoms. The summed E-state index contributed by atoms with van der Waals surface area (Å²) in [7, 11) is 0. The Kier molecular flexibility index (Phi) is 6.64. The molecule has 7 heteroatoms. The van der Waals surface area contributed by atoms with Crippen molar-refractivity contribution in [2.75, 3.05) is 32.8 Å². The number of carbonyl (C=O) groups is 1. The first-order valence-corrected chi connectivity index (χ1v) is 7.99. The second-order valence-corrected chi connectivity index (χ2v) is 5.43. The number of amides is 1. The quantitative estimate of drug-likeness (QED) is 0.358. The van der Waals surface area contributed by atoms with E-state index in [-0.39, 0.29) is 6.09 Å². The molecule has 0 N–H and O–H groups in total. The van der Waals surface area contributed by atoms with Crippen molar-refractivity contribution in [2.45, 2.75) is 6.92 Å². The van der Waals surface area contributed by atoms with Gasteiger partial charge in [-0.3, -0.25) is 0 Å². The van der Waals surface area contributed by atoms with Crippen LogP contribution in [-0.4, -0.2) is 61.2 Å². The van der Waals surface area contributed by atoms with E-state index in [1.807, 2.05) is 17.0 Å². The zero-order valence-electron chi connectivity index (χ0n) is 13.5. The third kappa shape index (κ3) is 5.00. The first kappa shape index (κ1) is 17.8. The summed E-state index contributed by atoms with van der Waals surface area (Å²) in [6.07, 6.45) is -0.289. The topological polar surface area (TPSA) is 57.5 Å². The zero-order chi connectivity index (χ0) is 17.4. The van der Waals surface area contributed by atoms with Gasteiger partial charge in [0.05, 0.1) is 6.61 Å². The molecule has 1 heterocycles. The van der Waals surface area contributed by atoms with E-state index in [0.717, 1.165) is 5.56 Å². The maximum atomic E-state index is 11.7. The summed E-state index contributed by atoms with van der Waals surface area (Å²) in [6, 6.07) is 7.29. The van der Waals surface area contributed by atoms with E-state index in [1.54, 1.807) is 24.0 Å². The van der Waals surface area contributed by atoms with Gasteiger partial charge in [0.2, 0.25) is 5.84 Å². The molecule has 0 unspecified atom stereocenters. The molecule has 1 aliphatic rings. The number of piperazine rings is 1. The minimum Gasteiger partial charge on any atom is -0.450 e. The summed E-state index contributed by atoms with van der Waals surface area (Å²) in [5.41, 5.74) is 0.796. The molecule has 6 nitrogen and oxygen atoms in total. The molecule has 1 aromatic rings. The van der Waals surface area contributed by atoms with Crippen LogP contribution in [0.1, 0.15) is 12.5 Å². The number of benzene rings is 1. The van der Waals surface area contributed by atoms with Crippen LogP contribution in [0.25, 0.3) is 0 Å². The van der Waals surface area contributed by atoms with Crippen LogP contribution in [0.3, 0.4) is 0 Å². The smallest absolute Gasteiger partial charge is 0.409 e. The molecule has 2 rings (SSSR count). The van der Waals surface area contributed by atoms with E-state index in [2.05, 4.69) is 28.8 Å². The number of hydrogen-bond donors (Lipinski definition) is 0. The van der Waals surface area contributed by atoms with E-state index in [4.69, 9.17) is 16.3 Å². The van der Waals surface area contributed by atoms with E-state index in [0.29, 0.717) is 43.6 Å². The Labute approximate surface area is 146 Å². The molecule has 0 aliphatic carbocycles. The highest BCUT2D eigenvalue weighted by atomic mass is 35.5. The number of amidine groups is 1. The SMILES string of the molecule is C=N/N=C(/C#Cc1cccc(Cl)c1)N1CCN(C(=O)OCC)CC1. The van der Waals surface area contributed by atoms with E-state index in [1.165, 1.54) is 0 Å². The third-order valence-electron chi connectivity index (χ3n) is 3.41. The summed E-state index contributed by atoms with van der Waals surface area (Å²) < 4.78 is 5.01. The molecular weight excluding hydrogens is 328 g/mol. The lowest BCUT2D eigenvalue weighted by Crippen LogP contribution is -2.50. The largest absolute Gasteiger partial charge is 0.450 e. The Morgan fingerprint density at radius 2 is 2.04 bits per heavy atom. The molecule has 1 amide bonds. The molecule has 0 bridgehead atoms. The van der Waals surface area contributed by atoms with Crippen LogP contribution < -0.4 is 0 Å². The summed E-state index contributed by atoms with van der Waals surface area (Å²) in [6.45, 7) is 7.87. The van der Waals surface area contributed by atoms with Crippen molar-refractivity contribution >= 4 is 30.2 Å². The number of carbonyl (C=O) groups excluding carboxylic acids is 1. The summed E-state index contributed by atoms with van der Waals surface area (Å²) in [5.74, 6) is 6.55. The molecule has 0 radical (unpaired) electrons. The fourth-order valence-corrected chi connectivity index (χ4v) is 2.43. The van der Waals surface area contributed by atoms with E-state index >= 15 is 0 Å². The molecule has 0 saturated carbocycles. The van der Waals surface area contributed by atoms with Crippen LogP contribution in [0.2, 0.25) is 5.02 Å². The predicted octanol–water partition coefficient (Wildman–Crippen LogP) is 2.48. The van der Waals surface area contributed by atoms with Crippen molar-refractivity contribution in [1.29, 1.82) is 0 Å². The van der Waals surface area contributed by atoms with Gasteiger partial charge in [0, 0.05) is 43.5 Å². The van der Waals surface area contributed by atoms with Crippen LogP contribution in [0.4, 0.5) is 4.79 Å². The van der Waals surface area contributed by atoms with Gasteiger partial charge in [-0.25, -0.2) is 4.79 Å². The van der Waals surface area contributed by atoms with Crippen molar-refractivity contribution in [1.82, 2.24) is 9.80 Å². The highest BCUT2D eigenvalue weighted by Crippen LogP contribution is 2.10. The maximum Gasteiger partial charge on any atom is 0.409 e. The van der Waals surface area contributed by atoms with Gasteiger partial charge < -0.3 is 14.5 Å². The fraction of sp³-hybridized carbons (Fsp3) is 0.353. The van der Waals surface area contributed by atoms with Crippen molar-refractivity contribution in [3.8, 4) is 11.8 Å². The van der Waals surface area contributed by atoms with Crippen molar-refractivity contribution < 1.29 is 9.53 Å². The standard InChI is InChI=1S/C17H19ClN4O2/c1-3-24-17(23)22-11-9-21(10-12-22)16(20-19-2)8-7-14-5-4-6-15(18)13-14/h4-6,13H,2-3,9-12H2,1H3/b20-16-. The average molecular weight is 347 g/mol. The molecule has 1 saturated heterocycles. The number of halogens is 1. The number of rotatable bonds is 2. The van der Waals surface area contributed by atoms with Crippen molar-refractivity contribution in [3.05, 3.63) is 34.9 Å². The Morgan fingerprint density at radius 3 is 2.67 bits per heavy atom. The van der Waals surface area contributed by atoms with Crippen LogP contribution in [0.5, 0.6) is 0 Å². The number of nitrogens with zero attached hydrogens (tertiary/aromatic N) is 4. The highest BCUT2D eigenvalue weighted by molar-refractivity contribution is 6.30.